The topological polar surface area (TPSA) is 18.5 Å². The zero-order valence-corrected chi connectivity index (χ0v) is 12.5. The molecule has 2 aromatic rings. The van der Waals surface area contributed by atoms with E-state index in [0.717, 1.165) is 12.2 Å². The molecular weight excluding hydrogens is 260 g/mol. The first-order valence-corrected chi connectivity index (χ1v) is 7.26. The molecule has 0 spiro atoms. The van der Waals surface area contributed by atoms with Crippen molar-refractivity contribution in [2.24, 2.45) is 0 Å². The molecule has 1 aliphatic heterocycles. The molecule has 3 rings (SSSR count). The number of hydrogen-bond donors (Lipinski definition) is 0. The minimum Gasteiger partial charge on any atom is -0.497 e. The molecule has 0 saturated carbocycles. The van der Waals surface area contributed by atoms with E-state index in [2.05, 4.69) is 49.4 Å². The third-order valence-corrected chi connectivity index (χ3v) is 3.96. The van der Waals surface area contributed by atoms with Crippen LogP contribution in [0.4, 0.5) is 0 Å². The molecule has 0 bridgehead atoms. The summed E-state index contributed by atoms with van der Waals surface area (Å²) < 4.78 is 11.1. The fourth-order valence-corrected chi connectivity index (χ4v) is 2.66. The summed E-state index contributed by atoms with van der Waals surface area (Å²) in [5.41, 5.74) is 5.25. The van der Waals surface area contributed by atoms with Gasteiger partial charge in [-0.2, -0.15) is 0 Å². The molecular formula is C19H20O2. The first kappa shape index (κ1) is 13.9. The summed E-state index contributed by atoms with van der Waals surface area (Å²) in [5.74, 6) is 0.876. The highest BCUT2D eigenvalue weighted by Crippen LogP contribution is 2.29. The van der Waals surface area contributed by atoms with Crippen LogP contribution in [0.1, 0.15) is 22.8 Å². The van der Waals surface area contributed by atoms with Crippen LogP contribution in [-0.2, 0) is 11.2 Å². The fourth-order valence-electron chi connectivity index (χ4n) is 2.66. The van der Waals surface area contributed by atoms with Gasteiger partial charge < -0.3 is 9.47 Å². The van der Waals surface area contributed by atoms with Crippen molar-refractivity contribution in [3.63, 3.8) is 0 Å². The molecule has 1 atom stereocenters. The maximum Gasteiger partial charge on any atom is 0.118 e. The van der Waals surface area contributed by atoms with Gasteiger partial charge in [0.05, 0.1) is 13.7 Å². The highest BCUT2D eigenvalue weighted by atomic mass is 16.5. The Hall–Kier alpha value is -2.06. The van der Waals surface area contributed by atoms with E-state index >= 15 is 0 Å². The average Bonchev–Trinajstić information content (AvgIpc) is 2.98. The zero-order chi connectivity index (χ0) is 14.7. The second-order valence-corrected chi connectivity index (χ2v) is 5.43. The molecule has 1 unspecified atom stereocenters. The first-order chi connectivity index (χ1) is 10.3. The Labute approximate surface area is 126 Å². The van der Waals surface area contributed by atoms with Crippen LogP contribution < -0.4 is 4.74 Å². The Bertz CT molecular complexity index is 641. The van der Waals surface area contributed by atoms with Gasteiger partial charge in [-0.1, -0.05) is 36.4 Å². The maximum atomic E-state index is 5.90. The lowest BCUT2D eigenvalue weighted by Crippen LogP contribution is -1.97. The Morgan fingerprint density at radius 3 is 2.57 bits per heavy atom. The van der Waals surface area contributed by atoms with Crippen LogP contribution in [0, 0.1) is 6.92 Å². The second kappa shape index (κ2) is 6.15. The number of rotatable bonds is 4. The van der Waals surface area contributed by atoms with Gasteiger partial charge in [0.15, 0.2) is 0 Å². The molecule has 0 aliphatic carbocycles. The summed E-state index contributed by atoms with van der Waals surface area (Å²) in [6.45, 7) is 2.87. The van der Waals surface area contributed by atoms with Crippen molar-refractivity contribution in [1.29, 1.82) is 0 Å². The van der Waals surface area contributed by atoms with Gasteiger partial charge in [0, 0.05) is 0 Å². The third-order valence-electron chi connectivity index (χ3n) is 3.96. The monoisotopic (exact) mass is 280 g/mol. The largest absolute Gasteiger partial charge is 0.497 e. The molecule has 0 amide bonds. The molecule has 0 saturated heterocycles. The van der Waals surface area contributed by atoms with Crippen molar-refractivity contribution >= 4 is 0 Å². The zero-order valence-electron chi connectivity index (χ0n) is 12.5. The number of aryl methyl sites for hydroxylation is 1. The van der Waals surface area contributed by atoms with Crippen molar-refractivity contribution < 1.29 is 9.47 Å². The predicted octanol–water partition coefficient (Wildman–Crippen LogP) is 4.24. The van der Waals surface area contributed by atoms with E-state index in [0.29, 0.717) is 6.61 Å². The van der Waals surface area contributed by atoms with E-state index in [-0.39, 0.29) is 6.10 Å². The summed E-state index contributed by atoms with van der Waals surface area (Å²) >= 11 is 0. The van der Waals surface area contributed by atoms with Crippen molar-refractivity contribution in [2.75, 3.05) is 13.7 Å². The fraction of sp³-hybridized carbons (Fsp3) is 0.263. The van der Waals surface area contributed by atoms with Crippen molar-refractivity contribution in [2.45, 2.75) is 19.4 Å². The van der Waals surface area contributed by atoms with E-state index in [1.165, 1.54) is 22.3 Å². The van der Waals surface area contributed by atoms with Gasteiger partial charge in [-0.05, 0) is 53.8 Å². The van der Waals surface area contributed by atoms with E-state index in [1.807, 2.05) is 12.1 Å². The van der Waals surface area contributed by atoms with Gasteiger partial charge in [-0.25, -0.2) is 0 Å². The summed E-state index contributed by atoms with van der Waals surface area (Å²) in [6.07, 6.45) is 3.28. The predicted molar refractivity (Wildman–Crippen MR) is 84.7 cm³/mol. The summed E-state index contributed by atoms with van der Waals surface area (Å²) in [7, 11) is 1.68. The number of ether oxygens (including phenoxy) is 2. The minimum atomic E-state index is 0.0647. The van der Waals surface area contributed by atoms with Gasteiger partial charge in [-0.3, -0.25) is 0 Å². The van der Waals surface area contributed by atoms with Crippen LogP contribution in [0.25, 0.3) is 0 Å². The SMILES string of the molecule is COc1ccc(C2C=C(Cc3ccccc3C)CO2)cc1. The molecule has 108 valence electrons. The molecule has 2 nitrogen and oxygen atoms in total. The number of hydrogen-bond acceptors (Lipinski definition) is 2. The van der Waals surface area contributed by atoms with Crippen molar-refractivity contribution in [3.8, 4) is 5.75 Å². The van der Waals surface area contributed by atoms with Crippen LogP contribution in [-0.4, -0.2) is 13.7 Å². The van der Waals surface area contributed by atoms with E-state index in [1.54, 1.807) is 7.11 Å². The molecule has 0 radical (unpaired) electrons. The molecule has 1 aliphatic rings. The normalized spacial score (nSPS) is 17.6. The standard InChI is InChI=1S/C19H20O2/c1-14-5-3-4-6-17(14)11-15-12-19(21-13-15)16-7-9-18(20-2)10-8-16/h3-10,12,19H,11,13H2,1-2H3. The highest BCUT2D eigenvalue weighted by molar-refractivity contribution is 5.35. The van der Waals surface area contributed by atoms with Crippen LogP contribution in [0.3, 0.4) is 0 Å². The Kier molecular flexibility index (Phi) is 4.07. The Balaban J connectivity index is 1.73. The quantitative estimate of drug-likeness (QED) is 0.780. The molecule has 2 aromatic carbocycles. The van der Waals surface area contributed by atoms with Crippen LogP contribution in [0.5, 0.6) is 5.75 Å². The van der Waals surface area contributed by atoms with Gasteiger partial charge in [-0.15, -0.1) is 0 Å². The summed E-state index contributed by atoms with van der Waals surface area (Å²) in [6, 6.07) is 16.6. The smallest absolute Gasteiger partial charge is 0.118 e. The lowest BCUT2D eigenvalue weighted by Gasteiger charge is -2.08. The first-order valence-electron chi connectivity index (χ1n) is 7.26. The summed E-state index contributed by atoms with van der Waals surface area (Å²) in [5, 5.41) is 0. The van der Waals surface area contributed by atoms with Gasteiger partial charge >= 0.3 is 0 Å². The molecule has 0 aromatic heterocycles. The lowest BCUT2D eigenvalue weighted by molar-refractivity contribution is 0.126. The van der Waals surface area contributed by atoms with Crippen LogP contribution in [0.2, 0.25) is 0 Å². The summed E-state index contributed by atoms with van der Waals surface area (Å²) in [4.78, 5) is 0. The molecule has 0 N–H and O–H groups in total. The van der Waals surface area contributed by atoms with Crippen molar-refractivity contribution in [1.82, 2.24) is 0 Å². The molecule has 0 fully saturated rings. The minimum absolute atomic E-state index is 0.0647. The third kappa shape index (κ3) is 3.17. The molecule has 21 heavy (non-hydrogen) atoms. The molecule has 1 heterocycles. The van der Waals surface area contributed by atoms with E-state index < -0.39 is 0 Å². The van der Waals surface area contributed by atoms with Crippen LogP contribution in [0.15, 0.2) is 60.2 Å². The van der Waals surface area contributed by atoms with E-state index in [4.69, 9.17) is 9.47 Å². The van der Waals surface area contributed by atoms with E-state index in [9.17, 15) is 0 Å². The average molecular weight is 280 g/mol. The second-order valence-electron chi connectivity index (χ2n) is 5.43. The van der Waals surface area contributed by atoms with Gasteiger partial charge in [0.2, 0.25) is 0 Å². The lowest BCUT2D eigenvalue weighted by atomic mass is 10.00. The van der Waals surface area contributed by atoms with Crippen molar-refractivity contribution in [3.05, 3.63) is 76.9 Å². The molecule has 2 heteroatoms. The Morgan fingerprint density at radius 1 is 1.10 bits per heavy atom. The number of benzene rings is 2. The van der Waals surface area contributed by atoms with Gasteiger partial charge in [0.25, 0.3) is 0 Å². The Morgan fingerprint density at radius 2 is 1.86 bits per heavy atom. The maximum absolute atomic E-state index is 5.90. The highest BCUT2D eigenvalue weighted by Gasteiger charge is 2.18. The number of methoxy groups -OCH3 is 1. The van der Waals surface area contributed by atoms with Gasteiger partial charge in [0.1, 0.15) is 11.9 Å². The van der Waals surface area contributed by atoms with Crippen LogP contribution >= 0.6 is 0 Å².